The van der Waals surface area contributed by atoms with Gasteiger partial charge in [-0.2, -0.15) is 5.10 Å². The van der Waals surface area contributed by atoms with Crippen molar-refractivity contribution in [2.24, 2.45) is 5.73 Å². The van der Waals surface area contributed by atoms with Crippen molar-refractivity contribution in [1.82, 2.24) is 19.3 Å². The Morgan fingerprint density at radius 3 is 2.62 bits per heavy atom. The Bertz CT molecular complexity index is 1110. The molecule has 3 rings (SSSR count). The Labute approximate surface area is 169 Å². The van der Waals surface area contributed by atoms with E-state index in [-0.39, 0.29) is 5.91 Å². The number of nitrogens with two attached hydrogens (primary N) is 1. The van der Waals surface area contributed by atoms with Crippen LogP contribution >= 0.6 is 0 Å². The lowest BCUT2D eigenvalue weighted by Gasteiger charge is -2.10. The van der Waals surface area contributed by atoms with Crippen LogP contribution in [-0.2, 0) is 13.1 Å². The van der Waals surface area contributed by atoms with Gasteiger partial charge in [-0.05, 0) is 51.0 Å². The molecule has 3 aromatic rings. The number of amides is 2. The van der Waals surface area contributed by atoms with Crippen LogP contribution in [0, 0.1) is 6.92 Å². The minimum atomic E-state index is -0.516. The van der Waals surface area contributed by atoms with Crippen molar-refractivity contribution in [2.75, 3.05) is 5.32 Å². The van der Waals surface area contributed by atoms with Gasteiger partial charge in [-0.15, -0.1) is 0 Å². The number of nitrogens with one attached hydrogen (secondary N) is 1. The van der Waals surface area contributed by atoms with E-state index in [4.69, 9.17) is 5.73 Å². The third kappa shape index (κ3) is 3.91. The molecule has 0 saturated carbocycles. The van der Waals surface area contributed by atoms with Crippen LogP contribution in [0.2, 0.25) is 0 Å². The van der Waals surface area contributed by atoms with Crippen LogP contribution in [0.25, 0.3) is 17.1 Å². The molecule has 0 spiro atoms. The first kappa shape index (κ1) is 20.3. The molecule has 152 valence electrons. The fourth-order valence-electron chi connectivity index (χ4n) is 3.40. The van der Waals surface area contributed by atoms with E-state index in [1.807, 2.05) is 43.6 Å². The van der Waals surface area contributed by atoms with E-state index in [9.17, 15) is 9.59 Å². The van der Waals surface area contributed by atoms with Gasteiger partial charge in [0.15, 0.2) is 0 Å². The molecule has 2 aromatic heterocycles. The van der Waals surface area contributed by atoms with E-state index in [1.54, 1.807) is 16.8 Å². The fourth-order valence-corrected chi connectivity index (χ4v) is 3.40. The average molecular weight is 394 g/mol. The van der Waals surface area contributed by atoms with Gasteiger partial charge in [-0.25, -0.2) is 4.98 Å². The third-order valence-corrected chi connectivity index (χ3v) is 4.64. The Kier molecular flexibility index (Phi) is 5.81. The van der Waals surface area contributed by atoms with Crippen molar-refractivity contribution in [2.45, 2.75) is 47.2 Å². The molecule has 0 aliphatic heterocycles. The van der Waals surface area contributed by atoms with Crippen LogP contribution in [0.3, 0.4) is 0 Å². The normalized spacial score (nSPS) is 11.4. The quantitative estimate of drug-likeness (QED) is 0.640. The molecule has 0 aliphatic carbocycles. The lowest BCUT2D eigenvalue weighted by atomic mass is 10.1. The summed E-state index contributed by atoms with van der Waals surface area (Å²) < 4.78 is 3.61. The minimum Gasteiger partial charge on any atom is -0.366 e. The predicted molar refractivity (Wildman–Crippen MR) is 114 cm³/mol. The highest BCUT2D eigenvalue weighted by atomic mass is 16.2. The predicted octanol–water partition coefficient (Wildman–Crippen LogP) is 3.36. The Morgan fingerprint density at radius 1 is 1.24 bits per heavy atom. The molecule has 2 heterocycles. The molecule has 8 heteroatoms. The Hall–Kier alpha value is -3.42. The molecule has 2 amide bonds. The van der Waals surface area contributed by atoms with Crippen LogP contribution in [-0.4, -0.2) is 31.1 Å². The summed E-state index contributed by atoms with van der Waals surface area (Å²) in [5.74, 6) is -0.358. The zero-order valence-electron chi connectivity index (χ0n) is 17.2. The van der Waals surface area contributed by atoms with E-state index in [0.29, 0.717) is 35.8 Å². The summed E-state index contributed by atoms with van der Waals surface area (Å²) in [6, 6.07) is 5.31. The van der Waals surface area contributed by atoms with Gasteiger partial charge in [0, 0.05) is 18.7 Å². The lowest BCUT2D eigenvalue weighted by molar-refractivity contribution is 0.0995. The van der Waals surface area contributed by atoms with Crippen LogP contribution in [0.4, 0.5) is 5.95 Å². The number of allylic oxidation sites excluding steroid dienone is 1. The van der Waals surface area contributed by atoms with E-state index in [0.717, 1.165) is 23.2 Å². The molecule has 0 atom stereocenters. The summed E-state index contributed by atoms with van der Waals surface area (Å²) in [5, 5.41) is 7.23. The first-order valence-corrected chi connectivity index (χ1v) is 9.72. The highest BCUT2D eigenvalue weighted by Gasteiger charge is 2.19. The largest absolute Gasteiger partial charge is 0.366 e. The summed E-state index contributed by atoms with van der Waals surface area (Å²) >= 11 is 0. The van der Waals surface area contributed by atoms with Crippen LogP contribution in [0.15, 0.2) is 24.3 Å². The van der Waals surface area contributed by atoms with E-state index in [1.165, 1.54) is 0 Å². The minimum absolute atomic E-state index is 0.274. The van der Waals surface area contributed by atoms with Gasteiger partial charge in [0.1, 0.15) is 5.69 Å². The number of fused-ring (bicyclic) bond motifs is 1. The molecule has 1 aromatic carbocycles. The van der Waals surface area contributed by atoms with E-state index < -0.39 is 5.91 Å². The number of primary amides is 1. The maximum atomic E-state index is 12.9. The van der Waals surface area contributed by atoms with Crippen LogP contribution in [0.1, 0.15) is 59.3 Å². The van der Waals surface area contributed by atoms with Crippen molar-refractivity contribution in [3.05, 3.63) is 46.8 Å². The van der Waals surface area contributed by atoms with Crippen LogP contribution in [0.5, 0.6) is 0 Å². The number of aromatic nitrogens is 4. The third-order valence-electron chi connectivity index (χ3n) is 4.64. The summed E-state index contributed by atoms with van der Waals surface area (Å²) in [6.45, 7) is 8.98. The topological polar surface area (TPSA) is 108 Å². The summed E-state index contributed by atoms with van der Waals surface area (Å²) in [7, 11) is 0. The zero-order chi connectivity index (χ0) is 21.1. The molecular weight excluding hydrogens is 368 g/mol. The van der Waals surface area contributed by atoms with Crippen molar-refractivity contribution in [3.63, 3.8) is 0 Å². The van der Waals surface area contributed by atoms with Gasteiger partial charge in [0.2, 0.25) is 11.9 Å². The van der Waals surface area contributed by atoms with Gasteiger partial charge in [-0.3, -0.25) is 19.6 Å². The monoisotopic (exact) mass is 394 g/mol. The van der Waals surface area contributed by atoms with Crippen molar-refractivity contribution in [3.8, 4) is 0 Å². The molecule has 0 fully saturated rings. The smallest absolute Gasteiger partial charge is 0.276 e. The maximum absolute atomic E-state index is 12.9. The second-order valence-electron chi connectivity index (χ2n) is 6.82. The summed E-state index contributed by atoms with van der Waals surface area (Å²) in [6.07, 6.45) is 4.55. The molecule has 0 radical (unpaired) electrons. The molecule has 8 nitrogen and oxygen atoms in total. The summed E-state index contributed by atoms with van der Waals surface area (Å²) in [4.78, 5) is 29.3. The number of hydrogen-bond acceptors (Lipinski definition) is 4. The van der Waals surface area contributed by atoms with Gasteiger partial charge >= 0.3 is 0 Å². The number of hydrogen-bond donors (Lipinski definition) is 2. The molecule has 0 saturated heterocycles. The second kappa shape index (κ2) is 8.30. The SMILES string of the molecule is CC=Cc1cc2c(cc1C(N)=O)nc(NC(=O)c1cc(C)nn1CC)n2CCC. The highest BCUT2D eigenvalue weighted by molar-refractivity contribution is 6.04. The van der Waals surface area contributed by atoms with Crippen molar-refractivity contribution in [1.29, 1.82) is 0 Å². The number of carbonyl (C=O) groups is 2. The van der Waals surface area contributed by atoms with Gasteiger partial charge in [0.25, 0.3) is 5.91 Å². The number of rotatable bonds is 7. The Balaban J connectivity index is 2.10. The van der Waals surface area contributed by atoms with Crippen molar-refractivity contribution >= 4 is 34.9 Å². The molecule has 3 N–H and O–H groups in total. The van der Waals surface area contributed by atoms with Gasteiger partial charge in [0.05, 0.1) is 16.7 Å². The number of imidazole rings is 1. The highest BCUT2D eigenvalue weighted by Crippen LogP contribution is 2.25. The number of aryl methyl sites for hydroxylation is 3. The molecular formula is C21H26N6O2. The number of anilines is 1. The van der Waals surface area contributed by atoms with Gasteiger partial charge in [-0.1, -0.05) is 19.1 Å². The Morgan fingerprint density at radius 2 is 2.00 bits per heavy atom. The van der Waals surface area contributed by atoms with E-state index in [2.05, 4.69) is 22.3 Å². The average Bonchev–Trinajstić information content (AvgIpc) is 3.22. The van der Waals surface area contributed by atoms with E-state index >= 15 is 0 Å². The maximum Gasteiger partial charge on any atom is 0.276 e. The van der Waals surface area contributed by atoms with Crippen molar-refractivity contribution < 1.29 is 9.59 Å². The molecule has 0 bridgehead atoms. The van der Waals surface area contributed by atoms with Gasteiger partial charge < -0.3 is 10.3 Å². The number of benzene rings is 1. The number of carbonyl (C=O) groups excluding carboxylic acids is 2. The molecule has 0 unspecified atom stereocenters. The first-order chi connectivity index (χ1) is 13.9. The standard InChI is InChI=1S/C21H26N6O2/c1-5-8-14-11-17-16(12-15(14)19(22)28)23-21(26(17)9-6-2)24-20(29)18-10-13(4)25-27(18)7-3/h5,8,10-12H,6-7,9H2,1-4H3,(H2,22,28)(H,23,24,29). The van der Waals surface area contributed by atoms with Crippen LogP contribution < -0.4 is 11.1 Å². The molecule has 29 heavy (non-hydrogen) atoms. The second-order valence-corrected chi connectivity index (χ2v) is 6.82. The fraction of sp³-hybridized carbons (Fsp3) is 0.333. The zero-order valence-corrected chi connectivity index (χ0v) is 17.2. The first-order valence-electron chi connectivity index (χ1n) is 9.72. The summed E-state index contributed by atoms with van der Waals surface area (Å²) in [5.41, 5.74) is 9.36. The molecule has 0 aliphatic rings. The lowest BCUT2D eigenvalue weighted by Crippen LogP contribution is -2.20. The number of nitrogens with zero attached hydrogens (tertiary/aromatic N) is 4.